The lowest BCUT2D eigenvalue weighted by molar-refractivity contribution is 0.0320. The summed E-state index contributed by atoms with van der Waals surface area (Å²) in [6.45, 7) is 1.65. The van der Waals surface area contributed by atoms with Crippen molar-refractivity contribution in [3.8, 4) is 0 Å². The first-order valence-electron chi connectivity index (χ1n) is 7.53. The van der Waals surface area contributed by atoms with Crippen molar-refractivity contribution >= 4 is 40.2 Å². The average Bonchev–Trinajstić information content (AvgIpc) is 2.62. The predicted octanol–water partition coefficient (Wildman–Crippen LogP) is 4.22. The van der Waals surface area contributed by atoms with Crippen LogP contribution in [0.5, 0.6) is 0 Å². The van der Waals surface area contributed by atoms with Crippen LogP contribution in [-0.2, 0) is 4.74 Å². The first kappa shape index (κ1) is 17.5. The summed E-state index contributed by atoms with van der Waals surface area (Å²) in [5.74, 6) is -0.279. The van der Waals surface area contributed by atoms with Crippen molar-refractivity contribution in [3.63, 3.8) is 0 Å². The zero-order valence-electron chi connectivity index (χ0n) is 13.6. The molecule has 0 saturated carbocycles. The van der Waals surface area contributed by atoms with Crippen LogP contribution in [0.4, 0.5) is 0 Å². The van der Waals surface area contributed by atoms with E-state index in [9.17, 15) is 9.59 Å². The smallest absolute Gasteiger partial charge is 0.340 e. The number of nitrogens with one attached hydrogen (secondary N) is 1. The molecule has 0 unspecified atom stereocenters. The number of para-hydroxylation sites is 1. The Kier molecular flexibility index (Phi) is 5.11. The second kappa shape index (κ2) is 7.29. The first-order valence-corrected chi connectivity index (χ1v) is 9.13. The number of hydrogen-bond acceptors (Lipinski definition) is 5. The van der Waals surface area contributed by atoms with E-state index in [1.165, 1.54) is 11.8 Å². The molecule has 1 atom stereocenters. The Morgan fingerprint density at radius 3 is 2.80 bits per heavy atom. The first-order chi connectivity index (χ1) is 12.0. The second-order valence-electron chi connectivity index (χ2n) is 5.36. The Balaban J connectivity index is 1.88. The minimum absolute atomic E-state index is 0.272. The molecule has 2 aromatic carbocycles. The van der Waals surface area contributed by atoms with Gasteiger partial charge in [0.25, 0.3) is 5.56 Å². The van der Waals surface area contributed by atoms with Crippen LogP contribution < -0.4 is 5.56 Å². The topological polar surface area (TPSA) is 72.0 Å². The third-order valence-corrected chi connectivity index (χ3v) is 4.75. The maximum atomic E-state index is 12.4. The van der Waals surface area contributed by atoms with Crippen LogP contribution in [0, 0.1) is 0 Å². The summed E-state index contributed by atoms with van der Waals surface area (Å²) in [5.41, 5.74) is 0.556. The molecule has 7 heteroatoms. The molecule has 0 bridgehead atoms. The standard InChI is InChI=1S/C18H15ClN2O3S/c1-10(16-20-15-6-4-3-5-12(15)17(22)21-16)24-18(23)13-9-11(25-2)7-8-14(13)19/h3-10H,1-2H3,(H,20,21,22)/t10-/m0/s1. The van der Waals surface area contributed by atoms with E-state index in [2.05, 4.69) is 9.97 Å². The number of carbonyl (C=O) groups is 1. The lowest BCUT2D eigenvalue weighted by atomic mass is 10.2. The molecule has 25 heavy (non-hydrogen) atoms. The van der Waals surface area contributed by atoms with Crippen LogP contribution in [0.1, 0.15) is 29.2 Å². The maximum absolute atomic E-state index is 12.4. The van der Waals surface area contributed by atoms with Crippen molar-refractivity contribution in [3.05, 3.63) is 69.2 Å². The van der Waals surface area contributed by atoms with Gasteiger partial charge >= 0.3 is 5.97 Å². The van der Waals surface area contributed by atoms with Gasteiger partial charge in [0.2, 0.25) is 0 Å². The number of esters is 1. The van der Waals surface area contributed by atoms with Crippen molar-refractivity contribution in [1.29, 1.82) is 0 Å². The molecule has 0 aliphatic heterocycles. The maximum Gasteiger partial charge on any atom is 0.340 e. The summed E-state index contributed by atoms with van der Waals surface area (Å²) in [6, 6.07) is 12.2. The molecule has 0 aliphatic rings. The van der Waals surface area contributed by atoms with Gasteiger partial charge in [-0.3, -0.25) is 4.79 Å². The van der Waals surface area contributed by atoms with Gasteiger partial charge in [-0.05, 0) is 43.5 Å². The Hall–Kier alpha value is -2.31. The number of benzene rings is 2. The van der Waals surface area contributed by atoms with E-state index in [1.807, 2.05) is 12.3 Å². The number of rotatable bonds is 4. The van der Waals surface area contributed by atoms with Crippen molar-refractivity contribution in [1.82, 2.24) is 9.97 Å². The number of thioether (sulfide) groups is 1. The highest BCUT2D eigenvalue weighted by atomic mass is 35.5. The van der Waals surface area contributed by atoms with Gasteiger partial charge < -0.3 is 9.72 Å². The number of aromatic nitrogens is 2. The summed E-state index contributed by atoms with van der Waals surface area (Å²) in [5, 5.41) is 0.801. The number of halogens is 1. The Morgan fingerprint density at radius 2 is 2.04 bits per heavy atom. The highest BCUT2D eigenvalue weighted by molar-refractivity contribution is 7.98. The van der Waals surface area contributed by atoms with Crippen LogP contribution in [0.15, 0.2) is 52.2 Å². The summed E-state index contributed by atoms with van der Waals surface area (Å²) in [4.78, 5) is 32.5. The molecule has 3 rings (SSSR count). The van der Waals surface area contributed by atoms with Crippen LogP contribution >= 0.6 is 23.4 Å². The fraction of sp³-hybridized carbons (Fsp3) is 0.167. The largest absolute Gasteiger partial charge is 0.451 e. The average molecular weight is 375 g/mol. The van der Waals surface area contributed by atoms with Gasteiger partial charge in [-0.15, -0.1) is 11.8 Å². The quantitative estimate of drug-likeness (QED) is 0.547. The summed E-state index contributed by atoms with van der Waals surface area (Å²) >= 11 is 7.60. The Bertz CT molecular complexity index is 1000. The number of nitrogens with zero attached hydrogens (tertiary/aromatic N) is 1. The predicted molar refractivity (Wildman–Crippen MR) is 99.4 cm³/mol. The normalized spacial score (nSPS) is 12.1. The van der Waals surface area contributed by atoms with Gasteiger partial charge in [0.1, 0.15) is 0 Å². The zero-order chi connectivity index (χ0) is 18.0. The molecule has 0 radical (unpaired) electrons. The number of H-pyrrole nitrogens is 1. The van der Waals surface area contributed by atoms with Crippen molar-refractivity contribution in [2.75, 3.05) is 6.26 Å². The molecule has 3 aromatic rings. The van der Waals surface area contributed by atoms with Crippen LogP contribution in [0.3, 0.4) is 0 Å². The molecule has 1 N–H and O–H groups in total. The summed E-state index contributed by atoms with van der Waals surface area (Å²) < 4.78 is 5.44. The molecule has 128 valence electrons. The third kappa shape index (κ3) is 3.70. The number of fused-ring (bicyclic) bond motifs is 1. The Morgan fingerprint density at radius 1 is 1.28 bits per heavy atom. The molecule has 1 heterocycles. The number of ether oxygens (including phenoxy) is 1. The minimum Gasteiger partial charge on any atom is -0.451 e. The third-order valence-electron chi connectivity index (χ3n) is 3.69. The zero-order valence-corrected chi connectivity index (χ0v) is 15.1. The molecule has 0 saturated heterocycles. The van der Waals surface area contributed by atoms with Crippen LogP contribution in [0.25, 0.3) is 10.9 Å². The number of aromatic amines is 1. The molecular weight excluding hydrogens is 360 g/mol. The van der Waals surface area contributed by atoms with Gasteiger partial charge in [0.15, 0.2) is 11.9 Å². The molecule has 5 nitrogen and oxygen atoms in total. The summed E-state index contributed by atoms with van der Waals surface area (Å²) in [7, 11) is 0. The molecule has 0 amide bonds. The fourth-order valence-electron chi connectivity index (χ4n) is 2.36. The van der Waals surface area contributed by atoms with E-state index < -0.39 is 12.1 Å². The molecule has 1 aromatic heterocycles. The van der Waals surface area contributed by atoms with Gasteiger partial charge in [-0.25, -0.2) is 9.78 Å². The molecule has 0 aliphatic carbocycles. The highest BCUT2D eigenvalue weighted by Gasteiger charge is 2.19. The van der Waals surface area contributed by atoms with E-state index in [1.54, 1.807) is 43.3 Å². The van der Waals surface area contributed by atoms with E-state index in [0.29, 0.717) is 15.9 Å². The molecule has 0 spiro atoms. The lowest BCUT2D eigenvalue weighted by Gasteiger charge is -2.14. The van der Waals surface area contributed by atoms with Crippen LogP contribution in [-0.4, -0.2) is 22.2 Å². The van der Waals surface area contributed by atoms with Crippen molar-refractivity contribution in [2.45, 2.75) is 17.9 Å². The van der Waals surface area contributed by atoms with Gasteiger partial charge in [-0.2, -0.15) is 0 Å². The Labute approximate surface area is 153 Å². The van der Waals surface area contributed by atoms with E-state index >= 15 is 0 Å². The van der Waals surface area contributed by atoms with Gasteiger partial charge in [0.05, 0.1) is 21.5 Å². The fourth-order valence-corrected chi connectivity index (χ4v) is 3.00. The van der Waals surface area contributed by atoms with Crippen LogP contribution in [0.2, 0.25) is 5.02 Å². The lowest BCUT2D eigenvalue weighted by Crippen LogP contribution is -2.17. The van der Waals surface area contributed by atoms with Gasteiger partial charge in [0, 0.05) is 4.90 Å². The SMILES string of the molecule is CSc1ccc(Cl)c(C(=O)O[C@@H](C)c2nc3ccccc3c(=O)[nH]2)c1. The van der Waals surface area contributed by atoms with Crippen molar-refractivity contribution < 1.29 is 9.53 Å². The summed E-state index contributed by atoms with van der Waals surface area (Å²) in [6.07, 6.45) is 1.18. The monoisotopic (exact) mass is 374 g/mol. The highest BCUT2D eigenvalue weighted by Crippen LogP contribution is 2.25. The van der Waals surface area contributed by atoms with E-state index in [-0.39, 0.29) is 16.9 Å². The number of hydrogen-bond donors (Lipinski definition) is 1. The number of carbonyl (C=O) groups excluding carboxylic acids is 1. The van der Waals surface area contributed by atoms with E-state index in [4.69, 9.17) is 16.3 Å². The van der Waals surface area contributed by atoms with Crippen molar-refractivity contribution in [2.24, 2.45) is 0 Å². The second-order valence-corrected chi connectivity index (χ2v) is 6.65. The molecular formula is C18H15ClN2O3S. The van der Waals surface area contributed by atoms with Gasteiger partial charge in [-0.1, -0.05) is 23.7 Å². The minimum atomic E-state index is -0.723. The molecule has 0 fully saturated rings. The van der Waals surface area contributed by atoms with E-state index in [0.717, 1.165) is 4.90 Å².